The van der Waals surface area contributed by atoms with Crippen LogP contribution in [0.5, 0.6) is 0 Å². The number of hydrogen-bond donors (Lipinski definition) is 2. The fraction of sp³-hybridized carbons (Fsp3) is 0.400. The van der Waals surface area contributed by atoms with E-state index >= 15 is 0 Å². The molecule has 2 N–H and O–H groups in total. The molecular weight excluding hydrogens is 408 g/mol. The van der Waals surface area contributed by atoms with Crippen LogP contribution in [0.2, 0.25) is 0 Å². The lowest BCUT2D eigenvalue weighted by Gasteiger charge is -2.31. The normalized spacial score (nSPS) is 13.6. The minimum atomic E-state index is -1.29. The predicted molar refractivity (Wildman–Crippen MR) is 121 cm³/mol. The summed E-state index contributed by atoms with van der Waals surface area (Å²) in [6, 6.07) is 16.0. The first-order chi connectivity index (χ1) is 15.1. The summed E-state index contributed by atoms with van der Waals surface area (Å²) in [5.74, 6) is -1.38. The summed E-state index contributed by atoms with van der Waals surface area (Å²) in [6.07, 6.45) is -0.0350. The van der Waals surface area contributed by atoms with Crippen LogP contribution in [0.4, 0.5) is 4.79 Å². The number of carboxylic acid groups (broad SMARTS) is 1. The molecule has 2 aromatic carbocycles. The molecule has 0 heterocycles. The minimum absolute atomic E-state index is 0.0167. The van der Waals surface area contributed by atoms with Crippen molar-refractivity contribution in [2.75, 3.05) is 13.7 Å². The van der Waals surface area contributed by atoms with E-state index in [1.165, 1.54) is 25.8 Å². The number of amides is 2. The Labute approximate surface area is 188 Å². The number of rotatable bonds is 8. The second-order valence-corrected chi connectivity index (χ2v) is 8.73. The van der Waals surface area contributed by atoms with E-state index in [2.05, 4.69) is 29.6 Å². The smallest absolute Gasteiger partial charge is 0.407 e. The predicted octanol–water partition coefficient (Wildman–Crippen LogP) is 4.02. The Morgan fingerprint density at radius 1 is 1.06 bits per heavy atom. The number of alkyl carbamates (subject to hydrolysis) is 1. The van der Waals surface area contributed by atoms with Gasteiger partial charge in [0.2, 0.25) is 5.91 Å². The van der Waals surface area contributed by atoms with Crippen molar-refractivity contribution < 1.29 is 24.2 Å². The summed E-state index contributed by atoms with van der Waals surface area (Å²) in [5.41, 5.74) is 3.32. The molecule has 0 saturated carbocycles. The van der Waals surface area contributed by atoms with Crippen LogP contribution in [0.3, 0.4) is 0 Å². The number of likely N-dealkylation sites (N-methyl/N-ethyl adjacent to an activating group) is 1. The van der Waals surface area contributed by atoms with Gasteiger partial charge in [0.15, 0.2) is 0 Å². The topological polar surface area (TPSA) is 95.9 Å². The molecule has 1 aliphatic carbocycles. The molecule has 0 saturated heterocycles. The zero-order chi connectivity index (χ0) is 23.5. The summed E-state index contributed by atoms with van der Waals surface area (Å²) < 4.78 is 5.53. The highest BCUT2D eigenvalue weighted by molar-refractivity contribution is 5.86. The van der Waals surface area contributed by atoms with Crippen molar-refractivity contribution >= 4 is 18.0 Å². The van der Waals surface area contributed by atoms with Gasteiger partial charge in [-0.05, 0) is 49.4 Å². The molecule has 3 rings (SSSR count). The van der Waals surface area contributed by atoms with Gasteiger partial charge in [0.1, 0.15) is 12.1 Å². The highest BCUT2D eigenvalue weighted by atomic mass is 16.5. The van der Waals surface area contributed by atoms with Gasteiger partial charge >= 0.3 is 12.1 Å². The molecule has 170 valence electrons. The Morgan fingerprint density at radius 2 is 1.59 bits per heavy atom. The zero-order valence-corrected chi connectivity index (χ0v) is 18.9. The average Bonchev–Trinajstić information content (AvgIpc) is 3.09. The number of hydrogen-bond acceptors (Lipinski definition) is 4. The lowest BCUT2D eigenvalue weighted by Crippen LogP contribution is -2.51. The molecule has 1 unspecified atom stereocenters. The van der Waals surface area contributed by atoms with E-state index in [0.717, 1.165) is 22.3 Å². The molecular formula is C25H30N2O5. The zero-order valence-electron chi connectivity index (χ0n) is 18.9. The maximum atomic E-state index is 12.4. The van der Waals surface area contributed by atoms with Gasteiger partial charge in [-0.15, -0.1) is 0 Å². The van der Waals surface area contributed by atoms with E-state index in [4.69, 9.17) is 4.74 Å². The minimum Gasteiger partial charge on any atom is -0.480 e. The lowest BCUT2D eigenvalue weighted by atomic mass is 9.98. The molecule has 2 amide bonds. The molecule has 0 fully saturated rings. The molecule has 7 nitrogen and oxygen atoms in total. The van der Waals surface area contributed by atoms with Crippen molar-refractivity contribution in [3.8, 4) is 11.1 Å². The molecule has 0 aromatic heterocycles. The SMILES string of the molecule is CC(CCC(=O)N(C)C(C)(C)C(=O)O)NC(=O)OCC1c2ccccc2-c2ccccc21. The number of carboxylic acids is 1. The van der Waals surface area contributed by atoms with Crippen LogP contribution in [0, 0.1) is 0 Å². The van der Waals surface area contributed by atoms with Crippen molar-refractivity contribution in [2.24, 2.45) is 0 Å². The van der Waals surface area contributed by atoms with Gasteiger partial charge in [-0.25, -0.2) is 9.59 Å². The number of nitrogens with one attached hydrogen (secondary N) is 1. The second-order valence-electron chi connectivity index (χ2n) is 8.73. The van der Waals surface area contributed by atoms with Gasteiger partial charge in [0, 0.05) is 25.4 Å². The molecule has 0 radical (unpaired) electrons. The summed E-state index contributed by atoms with van der Waals surface area (Å²) in [7, 11) is 1.47. The Balaban J connectivity index is 1.51. The highest BCUT2D eigenvalue weighted by Crippen LogP contribution is 2.44. The maximum absolute atomic E-state index is 12.4. The van der Waals surface area contributed by atoms with Gasteiger partial charge in [-0.2, -0.15) is 0 Å². The Morgan fingerprint density at radius 3 is 2.12 bits per heavy atom. The first-order valence-corrected chi connectivity index (χ1v) is 10.7. The van der Waals surface area contributed by atoms with Gasteiger partial charge in [0.25, 0.3) is 0 Å². The molecule has 0 spiro atoms. The van der Waals surface area contributed by atoms with E-state index in [1.807, 2.05) is 24.3 Å². The summed E-state index contributed by atoms with van der Waals surface area (Å²) in [6.45, 7) is 4.97. The van der Waals surface area contributed by atoms with E-state index in [-0.39, 0.29) is 30.9 Å². The second kappa shape index (κ2) is 9.42. The number of nitrogens with zero attached hydrogens (tertiary/aromatic N) is 1. The average molecular weight is 439 g/mol. The van der Waals surface area contributed by atoms with Crippen LogP contribution < -0.4 is 5.32 Å². The van der Waals surface area contributed by atoms with E-state index in [9.17, 15) is 19.5 Å². The lowest BCUT2D eigenvalue weighted by molar-refractivity contribution is -0.155. The van der Waals surface area contributed by atoms with Crippen LogP contribution in [-0.4, -0.2) is 53.2 Å². The first-order valence-electron chi connectivity index (χ1n) is 10.7. The van der Waals surface area contributed by atoms with Crippen molar-refractivity contribution in [1.29, 1.82) is 0 Å². The molecule has 7 heteroatoms. The number of fused-ring (bicyclic) bond motifs is 3. The Hall–Kier alpha value is -3.35. The Bertz CT molecular complexity index is 971. The number of ether oxygens (including phenoxy) is 1. The van der Waals surface area contributed by atoms with Crippen LogP contribution in [0.15, 0.2) is 48.5 Å². The number of aliphatic carboxylic acids is 1. The molecule has 32 heavy (non-hydrogen) atoms. The van der Waals surface area contributed by atoms with Crippen molar-refractivity contribution in [3.05, 3.63) is 59.7 Å². The third-order valence-electron chi connectivity index (χ3n) is 6.24. The summed E-state index contributed by atoms with van der Waals surface area (Å²) in [5, 5.41) is 12.0. The number of benzene rings is 2. The number of carbonyl (C=O) groups excluding carboxylic acids is 2. The van der Waals surface area contributed by atoms with Crippen molar-refractivity contribution in [1.82, 2.24) is 10.2 Å². The van der Waals surface area contributed by atoms with Gasteiger partial charge in [-0.1, -0.05) is 48.5 Å². The highest BCUT2D eigenvalue weighted by Gasteiger charge is 2.35. The van der Waals surface area contributed by atoms with Crippen LogP contribution >= 0.6 is 0 Å². The molecule has 1 aliphatic rings. The fourth-order valence-corrected chi connectivity index (χ4v) is 3.88. The quantitative estimate of drug-likeness (QED) is 0.649. The van der Waals surface area contributed by atoms with E-state index < -0.39 is 17.6 Å². The largest absolute Gasteiger partial charge is 0.480 e. The molecule has 0 bridgehead atoms. The fourth-order valence-electron chi connectivity index (χ4n) is 3.88. The first kappa shape index (κ1) is 23.3. The van der Waals surface area contributed by atoms with Crippen molar-refractivity contribution in [3.63, 3.8) is 0 Å². The van der Waals surface area contributed by atoms with Gasteiger partial charge < -0.3 is 20.1 Å². The standard InChI is InChI=1S/C25H30N2O5/c1-16(13-14-22(28)27(4)25(2,3)23(29)30)26-24(31)32-15-21-19-11-7-5-9-17(19)18-10-6-8-12-20(18)21/h5-12,16,21H,13-15H2,1-4H3,(H,26,31)(H,29,30). The van der Waals surface area contributed by atoms with Crippen LogP contribution in [-0.2, 0) is 14.3 Å². The monoisotopic (exact) mass is 438 g/mol. The third-order valence-corrected chi connectivity index (χ3v) is 6.24. The van der Waals surface area contributed by atoms with Crippen LogP contribution in [0.25, 0.3) is 11.1 Å². The van der Waals surface area contributed by atoms with Gasteiger partial charge in [0.05, 0.1) is 0 Å². The summed E-state index contributed by atoms with van der Waals surface area (Å²) >= 11 is 0. The third kappa shape index (κ3) is 4.77. The molecule has 0 aliphatic heterocycles. The Kier molecular flexibility index (Phi) is 6.87. The molecule has 1 atom stereocenters. The number of carbonyl (C=O) groups is 3. The van der Waals surface area contributed by atoms with E-state index in [1.54, 1.807) is 6.92 Å². The summed E-state index contributed by atoms with van der Waals surface area (Å²) in [4.78, 5) is 37.2. The van der Waals surface area contributed by atoms with Crippen LogP contribution in [0.1, 0.15) is 50.7 Å². The van der Waals surface area contributed by atoms with Crippen molar-refractivity contribution in [2.45, 2.75) is 51.1 Å². The molecule has 2 aromatic rings. The van der Waals surface area contributed by atoms with E-state index in [0.29, 0.717) is 6.42 Å². The maximum Gasteiger partial charge on any atom is 0.407 e. The van der Waals surface area contributed by atoms with Gasteiger partial charge in [-0.3, -0.25) is 4.79 Å².